The molecule has 0 amide bonds. The Morgan fingerprint density at radius 2 is 2.00 bits per heavy atom. The fourth-order valence-corrected chi connectivity index (χ4v) is 2.31. The maximum absolute atomic E-state index is 12.3. The lowest BCUT2D eigenvalue weighted by Crippen LogP contribution is -2.39. The molecule has 0 aliphatic heterocycles. The average Bonchev–Trinajstić information content (AvgIpc) is 2.39. The van der Waals surface area contributed by atoms with Gasteiger partial charge in [0.1, 0.15) is 5.15 Å². The highest BCUT2D eigenvalue weighted by molar-refractivity contribution is 6.30. The summed E-state index contributed by atoms with van der Waals surface area (Å²) in [6, 6.07) is 3.18. The summed E-state index contributed by atoms with van der Waals surface area (Å²) in [6.45, 7) is 3.61. The number of nitrogens with one attached hydrogen (secondary N) is 1. The highest BCUT2D eigenvalue weighted by Gasteiger charge is 2.17. The number of H-pyrrole nitrogens is 1. The second kappa shape index (κ2) is 5.40. The van der Waals surface area contributed by atoms with Crippen molar-refractivity contribution in [3.8, 4) is 0 Å². The third kappa shape index (κ3) is 2.46. The smallest absolute Gasteiger partial charge is 0.297 e. The second-order valence-corrected chi connectivity index (χ2v) is 4.59. The van der Waals surface area contributed by atoms with E-state index in [2.05, 4.69) is 9.97 Å². The molecule has 100 valence electrons. The van der Waals surface area contributed by atoms with Crippen molar-refractivity contribution in [2.45, 2.75) is 26.3 Å². The monoisotopic (exact) mass is 279 g/mol. The lowest BCUT2D eigenvalue weighted by molar-refractivity contribution is 0.571. The van der Waals surface area contributed by atoms with Gasteiger partial charge in [0, 0.05) is 12.4 Å². The third-order valence-corrected chi connectivity index (χ3v) is 3.43. The van der Waals surface area contributed by atoms with E-state index in [1.807, 2.05) is 6.92 Å². The predicted molar refractivity (Wildman–Crippen MR) is 73.8 cm³/mol. The SMILES string of the molecule is CCc1c(Cl)[nH]c(=O)n(C(C)c2ccncc2)c1=O. The second-order valence-electron chi connectivity index (χ2n) is 4.21. The maximum atomic E-state index is 12.3. The van der Waals surface area contributed by atoms with E-state index in [1.165, 1.54) is 4.57 Å². The minimum absolute atomic E-state index is 0.121. The standard InChI is InChI=1S/C13H14ClN3O2/c1-3-10-11(14)16-13(19)17(12(10)18)8(2)9-4-6-15-7-5-9/h4-8H,3H2,1-2H3,(H,16,19). The van der Waals surface area contributed by atoms with Crippen LogP contribution < -0.4 is 11.2 Å². The molecule has 6 heteroatoms. The molecule has 2 aromatic rings. The van der Waals surface area contributed by atoms with Gasteiger partial charge in [0.05, 0.1) is 11.6 Å². The summed E-state index contributed by atoms with van der Waals surface area (Å²) >= 11 is 5.88. The lowest BCUT2D eigenvalue weighted by Gasteiger charge is -2.15. The van der Waals surface area contributed by atoms with Gasteiger partial charge in [-0.25, -0.2) is 4.79 Å². The van der Waals surface area contributed by atoms with Crippen LogP contribution in [0.25, 0.3) is 0 Å². The largest absolute Gasteiger partial charge is 0.330 e. The van der Waals surface area contributed by atoms with Gasteiger partial charge >= 0.3 is 5.69 Å². The summed E-state index contributed by atoms with van der Waals surface area (Å²) in [5, 5.41) is 0.121. The molecule has 1 atom stereocenters. The molecule has 0 bridgehead atoms. The molecule has 1 unspecified atom stereocenters. The minimum atomic E-state index is -0.503. The lowest BCUT2D eigenvalue weighted by atomic mass is 10.1. The Kier molecular flexibility index (Phi) is 3.85. The van der Waals surface area contributed by atoms with Gasteiger partial charge in [0.15, 0.2) is 0 Å². The Morgan fingerprint density at radius 3 is 2.58 bits per heavy atom. The summed E-state index contributed by atoms with van der Waals surface area (Å²) in [5.74, 6) is 0. The number of hydrogen-bond acceptors (Lipinski definition) is 3. The van der Waals surface area contributed by atoms with Crippen LogP contribution in [0.5, 0.6) is 0 Å². The first-order valence-corrected chi connectivity index (χ1v) is 6.37. The van der Waals surface area contributed by atoms with E-state index in [0.29, 0.717) is 12.0 Å². The highest BCUT2D eigenvalue weighted by atomic mass is 35.5. The first-order chi connectivity index (χ1) is 9.06. The molecule has 0 saturated heterocycles. The normalized spacial score (nSPS) is 12.4. The molecule has 0 aromatic carbocycles. The van der Waals surface area contributed by atoms with Crippen molar-refractivity contribution in [2.75, 3.05) is 0 Å². The van der Waals surface area contributed by atoms with Crippen LogP contribution in [0.4, 0.5) is 0 Å². The molecular weight excluding hydrogens is 266 g/mol. The van der Waals surface area contributed by atoms with Crippen molar-refractivity contribution in [1.82, 2.24) is 14.5 Å². The van der Waals surface area contributed by atoms with E-state index in [4.69, 9.17) is 11.6 Å². The topological polar surface area (TPSA) is 67.8 Å². The Bertz CT molecular complexity index is 691. The van der Waals surface area contributed by atoms with Gasteiger partial charge in [0.25, 0.3) is 5.56 Å². The maximum Gasteiger partial charge on any atom is 0.330 e. The summed E-state index contributed by atoms with van der Waals surface area (Å²) in [4.78, 5) is 30.7. The molecule has 0 aliphatic carbocycles. The van der Waals surface area contributed by atoms with E-state index < -0.39 is 5.69 Å². The fourth-order valence-electron chi connectivity index (χ4n) is 2.01. The molecule has 2 aromatic heterocycles. The summed E-state index contributed by atoms with van der Waals surface area (Å²) in [7, 11) is 0. The van der Waals surface area contributed by atoms with Crippen LogP contribution in [-0.2, 0) is 6.42 Å². The Balaban J connectivity index is 2.64. The third-order valence-electron chi connectivity index (χ3n) is 3.11. The van der Waals surface area contributed by atoms with E-state index in [0.717, 1.165) is 5.56 Å². The van der Waals surface area contributed by atoms with Crippen LogP contribution in [-0.4, -0.2) is 14.5 Å². The Morgan fingerprint density at radius 1 is 1.37 bits per heavy atom. The molecule has 0 saturated carbocycles. The van der Waals surface area contributed by atoms with Crippen molar-refractivity contribution in [1.29, 1.82) is 0 Å². The number of rotatable bonds is 3. The van der Waals surface area contributed by atoms with Crippen molar-refractivity contribution >= 4 is 11.6 Å². The van der Waals surface area contributed by atoms with Crippen LogP contribution in [0, 0.1) is 0 Å². The predicted octanol–water partition coefficient (Wildman–Crippen LogP) is 1.76. The molecule has 0 aliphatic rings. The van der Waals surface area contributed by atoms with Crippen LogP contribution in [0.15, 0.2) is 34.1 Å². The molecule has 0 fully saturated rings. The zero-order valence-electron chi connectivity index (χ0n) is 10.7. The zero-order chi connectivity index (χ0) is 14.0. The fraction of sp³-hybridized carbons (Fsp3) is 0.308. The number of aromatic amines is 1. The van der Waals surface area contributed by atoms with E-state index in [1.54, 1.807) is 31.5 Å². The van der Waals surface area contributed by atoms with E-state index in [-0.39, 0.29) is 16.8 Å². The minimum Gasteiger partial charge on any atom is -0.297 e. The van der Waals surface area contributed by atoms with Crippen LogP contribution in [0.2, 0.25) is 5.15 Å². The van der Waals surface area contributed by atoms with Gasteiger partial charge in [-0.2, -0.15) is 0 Å². The number of aromatic nitrogens is 3. The van der Waals surface area contributed by atoms with E-state index in [9.17, 15) is 9.59 Å². The first-order valence-electron chi connectivity index (χ1n) is 5.99. The van der Waals surface area contributed by atoms with Gasteiger partial charge in [-0.1, -0.05) is 18.5 Å². The van der Waals surface area contributed by atoms with Crippen LogP contribution >= 0.6 is 11.6 Å². The Labute approximate surface area is 114 Å². The van der Waals surface area contributed by atoms with Crippen molar-refractivity contribution in [3.63, 3.8) is 0 Å². The Hall–Kier alpha value is -1.88. The summed E-state index contributed by atoms with van der Waals surface area (Å²) in [5.41, 5.74) is 0.409. The van der Waals surface area contributed by atoms with E-state index >= 15 is 0 Å². The molecule has 1 N–H and O–H groups in total. The molecule has 2 heterocycles. The van der Waals surface area contributed by atoms with Crippen molar-refractivity contribution in [2.24, 2.45) is 0 Å². The number of nitrogens with zero attached hydrogens (tertiary/aromatic N) is 2. The van der Waals surface area contributed by atoms with Gasteiger partial charge in [0.2, 0.25) is 0 Å². The van der Waals surface area contributed by atoms with Crippen LogP contribution in [0.1, 0.15) is 31.0 Å². The number of halogens is 1. The zero-order valence-corrected chi connectivity index (χ0v) is 11.4. The average molecular weight is 280 g/mol. The summed E-state index contributed by atoms with van der Waals surface area (Å²) < 4.78 is 1.18. The van der Waals surface area contributed by atoms with Gasteiger partial charge in [-0.05, 0) is 31.0 Å². The molecule has 0 radical (unpaired) electrons. The molecule has 0 spiro atoms. The van der Waals surface area contributed by atoms with Crippen molar-refractivity contribution < 1.29 is 0 Å². The molecule has 5 nitrogen and oxygen atoms in total. The van der Waals surface area contributed by atoms with Gasteiger partial charge in [-0.3, -0.25) is 19.3 Å². The van der Waals surface area contributed by atoms with Crippen molar-refractivity contribution in [3.05, 3.63) is 61.6 Å². The molecular formula is C13H14ClN3O2. The van der Waals surface area contributed by atoms with Gasteiger partial charge in [-0.15, -0.1) is 0 Å². The van der Waals surface area contributed by atoms with Gasteiger partial charge < -0.3 is 0 Å². The number of hydrogen-bond donors (Lipinski definition) is 1. The first kappa shape index (κ1) is 13.5. The number of pyridine rings is 1. The quantitative estimate of drug-likeness (QED) is 0.871. The van der Waals surface area contributed by atoms with Crippen LogP contribution in [0.3, 0.4) is 0 Å². The highest BCUT2D eigenvalue weighted by Crippen LogP contribution is 2.14. The molecule has 2 rings (SSSR count). The summed E-state index contributed by atoms with van der Waals surface area (Å²) in [6.07, 6.45) is 3.72. The molecule has 19 heavy (non-hydrogen) atoms.